The Morgan fingerprint density at radius 2 is 1.61 bits per heavy atom. The smallest absolute Gasteiger partial charge is 0.0423 e. The summed E-state index contributed by atoms with van der Waals surface area (Å²) in [5.41, 5.74) is 1.24. The van der Waals surface area contributed by atoms with Crippen LogP contribution in [0.4, 0.5) is 0 Å². The number of hydrogen-bond acceptors (Lipinski definition) is 2. The molecule has 1 aromatic carbocycles. The summed E-state index contributed by atoms with van der Waals surface area (Å²) in [4.78, 5) is 4.92. The van der Waals surface area contributed by atoms with Crippen molar-refractivity contribution < 1.29 is 0 Å². The first-order valence-corrected chi connectivity index (χ1v) is 7.25. The van der Waals surface area contributed by atoms with Gasteiger partial charge in [0, 0.05) is 36.2 Å². The van der Waals surface area contributed by atoms with E-state index in [-0.39, 0.29) is 0 Å². The Morgan fingerprint density at radius 3 is 2.22 bits per heavy atom. The summed E-state index contributed by atoms with van der Waals surface area (Å²) in [5.74, 6) is 0. The molecule has 2 nitrogen and oxygen atoms in total. The molecule has 0 unspecified atom stereocenters. The van der Waals surface area contributed by atoms with Crippen LogP contribution < -0.4 is 0 Å². The predicted molar refractivity (Wildman–Crippen MR) is 78.7 cm³/mol. The maximum atomic E-state index is 5.99. The Kier molecular flexibility index (Phi) is 5.31. The highest BCUT2D eigenvalue weighted by Gasteiger charge is 2.12. The minimum absolute atomic E-state index is 0.733. The van der Waals surface area contributed by atoms with Crippen LogP contribution in [0.1, 0.15) is 12.0 Å². The monoisotopic (exact) mass is 286 g/mol. The maximum Gasteiger partial charge on any atom is 0.0423 e. The van der Waals surface area contributed by atoms with Gasteiger partial charge >= 0.3 is 0 Å². The zero-order valence-corrected chi connectivity index (χ0v) is 12.3. The van der Waals surface area contributed by atoms with Gasteiger partial charge in [0.15, 0.2) is 0 Å². The zero-order chi connectivity index (χ0) is 13.0. The number of hydrogen-bond donors (Lipinski definition) is 0. The third-order valence-corrected chi connectivity index (χ3v) is 3.89. The molecule has 18 heavy (non-hydrogen) atoms. The van der Waals surface area contributed by atoms with Crippen molar-refractivity contribution in [3.05, 3.63) is 33.8 Å². The lowest BCUT2D eigenvalue weighted by Gasteiger charge is -2.32. The zero-order valence-electron chi connectivity index (χ0n) is 10.8. The van der Waals surface area contributed by atoms with Gasteiger partial charge in [-0.2, -0.15) is 0 Å². The van der Waals surface area contributed by atoms with E-state index in [1.165, 1.54) is 38.2 Å². The van der Waals surface area contributed by atoms with Crippen molar-refractivity contribution in [2.75, 3.05) is 39.8 Å². The van der Waals surface area contributed by atoms with E-state index in [9.17, 15) is 0 Å². The van der Waals surface area contributed by atoms with Crippen LogP contribution in [-0.4, -0.2) is 49.6 Å². The second kappa shape index (κ2) is 6.76. The Balaban J connectivity index is 1.74. The SMILES string of the molecule is CN1CCN(CCCc2cc(Cl)cc(Cl)c2)CC1. The van der Waals surface area contributed by atoms with E-state index < -0.39 is 0 Å². The highest BCUT2D eigenvalue weighted by atomic mass is 35.5. The molecule has 0 amide bonds. The first-order chi connectivity index (χ1) is 8.63. The van der Waals surface area contributed by atoms with Gasteiger partial charge in [0.2, 0.25) is 0 Å². The normalized spacial score (nSPS) is 18.2. The van der Waals surface area contributed by atoms with Gasteiger partial charge in [-0.1, -0.05) is 23.2 Å². The van der Waals surface area contributed by atoms with E-state index in [4.69, 9.17) is 23.2 Å². The Morgan fingerprint density at radius 1 is 1.00 bits per heavy atom. The lowest BCUT2D eigenvalue weighted by molar-refractivity contribution is 0.153. The minimum atomic E-state index is 0.733. The highest BCUT2D eigenvalue weighted by molar-refractivity contribution is 6.34. The number of piperazine rings is 1. The van der Waals surface area contributed by atoms with Crippen molar-refractivity contribution in [3.8, 4) is 0 Å². The number of aryl methyl sites for hydroxylation is 1. The fraction of sp³-hybridized carbons (Fsp3) is 0.571. The highest BCUT2D eigenvalue weighted by Crippen LogP contribution is 2.20. The summed E-state index contributed by atoms with van der Waals surface area (Å²) in [7, 11) is 2.19. The van der Waals surface area contributed by atoms with Gasteiger partial charge in [-0.05, 0) is 50.2 Å². The topological polar surface area (TPSA) is 6.48 Å². The molecule has 0 atom stereocenters. The summed E-state index contributed by atoms with van der Waals surface area (Å²) >= 11 is 12.0. The molecule has 1 aromatic rings. The molecule has 1 aliphatic rings. The van der Waals surface area contributed by atoms with Crippen LogP contribution in [0.2, 0.25) is 10.0 Å². The molecule has 0 saturated carbocycles. The summed E-state index contributed by atoms with van der Waals surface area (Å²) in [6.45, 7) is 5.91. The molecule has 2 rings (SSSR count). The summed E-state index contributed by atoms with van der Waals surface area (Å²) < 4.78 is 0. The molecule has 0 spiro atoms. The van der Waals surface area contributed by atoms with Gasteiger partial charge in [-0.15, -0.1) is 0 Å². The van der Waals surface area contributed by atoms with E-state index in [1.54, 1.807) is 6.07 Å². The summed E-state index contributed by atoms with van der Waals surface area (Å²) in [6.07, 6.45) is 2.22. The second-order valence-corrected chi connectivity index (χ2v) is 5.90. The van der Waals surface area contributed by atoms with E-state index in [0.29, 0.717) is 0 Å². The molecule has 0 N–H and O–H groups in total. The van der Waals surface area contributed by atoms with Gasteiger partial charge in [0.1, 0.15) is 0 Å². The number of halogens is 2. The van der Waals surface area contributed by atoms with Crippen LogP contribution >= 0.6 is 23.2 Å². The van der Waals surface area contributed by atoms with Gasteiger partial charge in [0.25, 0.3) is 0 Å². The molecule has 1 saturated heterocycles. The van der Waals surface area contributed by atoms with E-state index in [2.05, 4.69) is 16.8 Å². The third-order valence-electron chi connectivity index (χ3n) is 3.46. The number of rotatable bonds is 4. The summed E-state index contributed by atoms with van der Waals surface area (Å²) in [5, 5.41) is 1.47. The standard InChI is InChI=1S/C14H20Cl2N2/c1-17-5-7-18(8-6-17)4-2-3-12-9-13(15)11-14(16)10-12/h9-11H,2-8H2,1H3. The van der Waals surface area contributed by atoms with Crippen molar-refractivity contribution in [3.63, 3.8) is 0 Å². The van der Waals surface area contributed by atoms with Crippen LogP contribution in [-0.2, 0) is 6.42 Å². The van der Waals surface area contributed by atoms with Crippen LogP contribution in [0.3, 0.4) is 0 Å². The molecular weight excluding hydrogens is 267 g/mol. The van der Waals surface area contributed by atoms with E-state index >= 15 is 0 Å². The van der Waals surface area contributed by atoms with Crippen molar-refractivity contribution >= 4 is 23.2 Å². The van der Waals surface area contributed by atoms with Crippen LogP contribution in [0.25, 0.3) is 0 Å². The molecule has 100 valence electrons. The molecule has 0 bridgehead atoms. The van der Waals surface area contributed by atoms with Gasteiger partial charge < -0.3 is 9.80 Å². The Bertz CT molecular complexity index is 367. The van der Waals surface area contributed by atoms with Crippen LogP contribution in [0.15, 0.2) is 18.2 Å². The fourth-order valence-electron chi connectivity index (χ4n) is 2.33. The largest absolute Gasteiger partial charge is 0.304 e. The van der Waals surface area contributed by atoms with Crippen molar-refractivity contribution in [1.82, 2.24) is 9.80 Å². The molecule has 1 fully saturated rings. The first-order valence-electron chi connectivity index (χ1n) is 6.49. The molecule has 1 aliphatic heterocycles. The number of benzene rings is 1. The molecular formula is C14H20Cl2N2. The summed E-state index contributed by atoms with van der Waals surface area (Å²) in [6, 6.07) is 5.81. The van der Waals surface area contributed by atoms with Crippen molar-refractivity contribution in [2.45, 2.75) is 12.8 Å². The fourth-order valence-corrected chi connectivity index (χ4v) is 2.90. The first kappa shape index (κ1) is 14.1. The van der Waals surface area contributed by atoms with E-state index in [1.807, 2.05) is 12.1 Å². The average Bonchev–Trinajstić information content (AvgIpc) is 2.30. The van der Waals surface area contributed by atoms with Crippen molar-refractivity contribution in [1.29, 1.82) is 0 Å². The number of likely N-dealkylation sites (N-methyl/N-ethyl adjacent to an activating group) is 1. The minimum Gasteiger partial charge on any atom is -0.304 e. The van der Waals surface area contributed by atoms with Gasteiger partial charge in [0.05, 0.1) is 0 Å². The number of nitrogens with zero attached hydrogens (tertiary/aromatic N) is 2. The average molecular weight is 287 g/mol. The van der Waals surface area contributed by atoms with Crippen molar-refractivity contribution in [2.24, 2.45) is 0 Å². The Labute approximate surface area is 119 Å². The lowest BCUT2D eigenvalue weighted by atomic mass is 10.1. The predicted octanol–water partition coefficient (Wildman–Crippen LogP) is 3.17. The van der Waals surface area contributed by atoms with E-state index in [0.717, 1.165) is 23.0 Å². The van der Waals surface area contributed by atoms with Crippen LogP contribution in [0.5, 0.6) is 0 Å². The molecule has 0 radical (unpaired) electrons. The van der Waals surface area contributed by atoms with Gasteiger partial charge in [-0.25, -0.2) is 0 Å². The Hall–Kier alpha value is -0.280. The molecule has 4 heteroatoms. The third kappa shape index (κ3) is 4.43. The molecule has 0 aromatic heterocycles. The second-order valence-electron chi connectivity index (χ2n) is 5.03. The maximum absolute atomic E-state index is 5.99. The molecule has 1 heterocycles. The lowest BCUT2D eigenvalue weighted by Crippen LogP contribution is -2.44. The quantitative estimate of drug-likeness (QED) is 0.839. The molecule has 0 aliphatic carbocycles. The van der Waals surface area contributed by atoms with Gasteiger partial charge in [-0.3, -0.25) is 0 Å². The van der Waals surface area contributed by atoms with Crippen LogP contribution in [0, 0.1) is 0 Å².